The van der Waals surface area contributed by atoms with E-state index in [1.807, 2.05) is 30.3 Å². The van der Waals surface area contributed by atoms with Crippen LogP contribution in [0.5, 0.6) is 0 Å². The fourth-order valence-corrected chi connectivity index (χ4v) is 1.94. The van der Waals surface area contributed by atoms with Gasteiger partial charge in [0, 0.05) is 18.4 Å². The van der Waals surface area contributed by atoms with Crippen LogP contribution in [-0.2, 0) is 4.84 Å². The van der Waals surface area contributed by atoms with Crippen molar-refractivity contribution in [3.8, 4) is 0 Å². The molecule has 0 saturated heterocycles. The lowest BCUT2D eigenvalue weighted by Crippen LogP contribution is -2.13. The molecule has 0 aliphatic heterocycles. The molecule has 0 spiro atoms. The molecule has 0 atom stereocenters. The molecule has 0 aliphatic carbocycles. The van der Waals surface area contributed by atoms with Crippen molar-refractivity contribution < 1.29 is 4.84 Å². The van der Waals surface area contributed by atoms with E-state index < -0.39 is 0 Å². The van der Waals surface area contributed by atoms with Crippen molar-refractivity contribution in [1.82, 2.24) is 15.2 Å². The van der Waals surface area contributed by atoms with Gasteiger partial charge in [0.1, 0.15) is 5.82 Å². The van der Waals surface area contributed by atoms with E-state index in [-0.39, 0.29) is 5.56 Å². The SMILES string of the molecule is O=c1[nH][nH]c2cc(NCCONc3ccccn3)ccc12. The van der Waals surface area contributed by atoms with Crippen molar-refractivity contribution in [2.45, 2.75) is 0 Å². The van der Waals surface area contributed by atoms with Gasteiger partial charge < -0.3 is 5.32 Å². The Morgan fingerprint density at radius 1 is 1.19 bits per heavy atom. The largest absolute Gasteiger partial charge is 0.383 e. The van der Waals surface area contributed by atoms with Crippen LogP contribution in [-0.4, -0.2) is 28.3 Å². The van der Waals surface area contributed by atoms with Gasteiger partial charge in [0.15, 0.2) is 0 Å². The molecule has 0 radical (unpaired) electrons. The average Bonchev–Trinajstić information content (AvgIpc) is 2.89. The van der Waals surface area contributed by atoms with E-state index in [1.165, 1.54) is 0 Å². The quantitative estimate of drug-likeness (QED) is 0.408. The summed E-state index contributed by atoms with van der Waals surface area (Å²) in [5.74, 6) is 0.670. The number of aromatic amines is 2. The van der Waals surface area contributed by atoms with Gasteiger partial charge in [-0.2, -0.15) is 0 Å². The maximum atomic E-state index is 11.4. The third kappa shape index (κ3) is 3.21. The van der Waals surface area contributed by atoms with Gasteiger partial charge in [0.25, 0.3) is 5.56 Å². The molecule has 3 aromatic rings. The third-order valence-electron chi connectivity index (χ3n) is 2.95. The number of rotatable bonds is 6. The van der Waals surface area contributed by atoms with Gasteiger partial charge in [-0.3, -0.25) is 19.8 Å². The number of nitrogens with zero attached hydrogens (tertiary/aromatic N) is 1. The van der Waals surface area contributed by atoms with Crippen molar-refractivity contribution in [3.05, 3.63) is 52.9 Å². The topological polar surface area (TPSA) is 94.8 Å². The zero-order valence-electron chi connectivity index (χ0n) is 11.2. The Bertz CT molecular complexity index is 766. The van der Waals surface area contributed by atoms with E-state index in [0.29, 0.717) is 24.4 Å². The fraction of sp³-hybridized carbons (Fsp3) is 0.143. The van der Waals surface area contributed by atoms with Crippen LogP contribution < -0.4 is 16.4 Å². The molecule has 108 valence electrons. The summed E-state index contributed by atoms with van der Waals surface area (Å²) < 4.78 is 0. The summed E-state index contributed by atoms with van der Waals surface area (Å²) in [6.07, 6.45) is 1.69. The average molecular weight is 285 g/mol. The lowest BCUT2D eigenvalue weighted by Gasteiger charge is -2.08. The van der Waals surface area contributed by atoms with Crippen LogP contribution >= 0.6 is 0 Å². The maximum Gasteiger partial charge on any atom is 0.271 e. The van der Waals surface area contributed by atoms with E-state index >= 15 is 0 Å². The Morgan fingerprint density at radius 2 is 2.14 bits per heavy atom. The lowest BCUT2D eigenvalue weighted by molar-refractivity contribution is 0.204. The smallest absolute Gasteiger partial charge is 0.271 e. The molecule has 1 aromatic carbocycles. The van der Waals surface area contributed by atoms with Crippen LogP contribution in [0.25, 0.3) is 10.9 Å². The number of aromatic nitrogens is 3. The maximum absolute atomic E-state index is 11.4. The second-order valence-corrected chi connectivity index (χ2v) is 4.43. The summed E-state index contributed by atoms with van der Waals surface area (Å²) in [4.78, 5) is 20.8. The highest BCUT2D eigenvalue weighted by Crippen LogP contribution is 2.13. The van der Waals surface area contributed by atoms with Crippen LogP contribution in [0.3, 0.4) is 0 Å². The molecule has 2 aromatic heterocycles. The highest BCUT2D eigenvalue weighted by Gasteiger charge is 2.01. The molecule has 7 nitrogen and oxygen atoms in total. The Labute approximate surface area is 120 Å². The summed E-state index contributed by atoms with van der Waals surface area (Å²) in [6, 6.07) is 11.1. The fourth-order valence-electron chi connectivity index (χ4n) is 1.94. The molecule has 7 heteroatoms. The summed E-state index contributed by atoms with van der Waals surface area (Å²) >= 11 is 0. The van der Waals surface area contributed by atoms with Gasteiger partial charge in [0.05, 0.1) is 17.5 Å². The van der Waals surface area contributed by atoms with E-state index in [4.69, 9.17) is 4.84 Å². The molecule has 0 fully saturated rings. The molecular weight excluding hydrogens is 270 g/mol. The first-order chi connectivity index (χ1) is 10.3. The van der Waals surface area contributed by atoms with Crippen molar-refractivity contribution in [3.63, 3.8) is 0 Å². The Hall–Kier alpha value is -2.80. The predicted octanol–water partition coefficient (Wildman–Crippen LogP) is 1.71. The Morgan fingerprint density at radius 3 is 3.00 bits per heavy atom. The van der Waals surface area contributed by atoms with Crippen LogP contribution in [0, 0.1) is 0 Å². The first kappa shape index (κ1) is 13.2. The molecule has 4 N–H and O–H groups in total. The number of hydrogen-bond acceptors (Lipinski definition) is 5. The molecule has 0 bridgehead atoms. The van der Waals surface area contributed by atoms with Crippen molar-refractivity contribution in [1.29, 1.82) is 0 Å². The number of fused-ring (bicyclic) bond motifs is 1. The van der Waals surface area contributed by atoms with Crippen LogP contribution in [0.2, 0.25) is 0 Å². The molecule has 21 heavy (non-hydrogen) atoms. The highest BCUT2D eigenvalue weighted by atomic mass is 16.6. The first-order valence-corrected chi connectivity index (χ1v) is 6.56. The Balaban J connectivity index is 1.47. The first-order valence-electron chi connectivity index (χ1n) is 6.56. The Kier molecular flexibility index (Phi) is 3.83. The highest BCUT2D eigenvalue weighted by molar-refractivity contribution is 5.81. The van der Waals surface area contributed by atoms with E-state index in [0.717, 1.165) is 11.2 Å². The van der Waals surface area contributed by atoms with E-state index in [2.05, 4.69) is 26.0 Å². The minimum absolute atomic E-state index is 0.112. The number of hydrogen-bond donors (Lipinski definition) is 4. The van der Waals surface area contributed by atoms with Crippen molar-refractivity contribution in [2.75, 3.05) is 23.9 Å². The molecule has 0 unspecified atom stereocenters. The van der Waals surface area contributed by atoms with E-state index in [1.54, 1.807) is 12.3 Å². The van der Waals surface area contributed by atoms with Crippen LogP contribution in [0.1, 0.15) is 0 Å². The normalized spacial score (nSPS) is 10.7. The van der Waals surface area contributed by atoms with Gasteiger partial charge in [0.2, 0.25) is 0 Å². The second-order valence-electron chi connectivity index (χ2n) is 4.43. The third-order valence-corrected chi connectivity index (χ3v) is 2.95. The van der Waals surface area contributed by atoms with Crippen LogP contribution in [0.4, 0.5) is 11.5 Å². The summed E-state index contributed by atoms with van der Waals surface area (Å²) in [7, 11) is 0. The summed E-state index contributed by atoms with van der Waals surface area (Å²) in [5, 5.41) is 9.23. The molecular formula is C14H15N5O2. The predicted molar refractivity (Wildman–Crippen MR) is 81.2 cm³/mol. The number of H-pyrrole nitrogens is 2. The number of pyridine rings is 1. The zero-order chi connectivity index (χ0) is 14.5. The second kappa shape index (κ2) is 6.10. The van der Waals surface area contributed by atoms with Gasteiger partial charge in [-0.1, -0.05) is 6.07 Å². The molecule has 0 amide bonds. The van der Waals surface area contributed by atoms with Crippen LogP contribution in [0.15, 0.2) is 47.4 Å². The van der Waals surface area contributed by atoms with E-state index in [9.17, 15) is 4.79 Å². The van der Waals surface area contributed by atoms with Gasteiger partial charge in [-0.05, 0) is 30.3 Å². The molecule has 0 aliphatic rings. The monoisotopic (exact) mass is 285 g/mol. The molecule has 3 rings (SSSR count). The number of nitrogens with one attached hydrogen (secondary N) is 4. The molecule has 2 heterocycles. The van der Waals surface area contributed by atoms with Gasteiger partial charge in [-0.15, -0.1) is 0 Å². The minimum Gasteiger partial charge on any atom is -0.383 e. The minimum atomic E-state index is -0.112. The summed E-state index contributed by atoms with van der Waals surface area (Å²) in [5.41, 5.74) is 4.34. The summed E-state index contributed by atoms with van der Waals surface area (Å²) in [6.45, 7) is 1.10. The van der Waals surface area contributed by atoms with Crippen molar-refractivity contribution in [2.24, 2.45) is 0 Å². The number of anilines is 2. The number of benzene rings is 1. The van der Waals surface area contributed by atoms with Gasteiger partial charge in [-0.25, -0.2) is 10.5 Å². The van der Waals surface area contributed by atoms with Gasteiger partial charge >= 0.3 is 0 Å². The lowest BCUT2D eigenvalue weighted by atomic mass is 10.2. The molecule has 0 saturated carbocycles. The standard InChI is InChI=1S/C14H15N5O2/c20-14-11-5-4-10(9-12(11)17-18-14)15-7-8-21-19-13-3-1-2-6-16-13/h1-6,9,15H,7-8H2,(H,16,19)(H2,17,18,20). The zero-order valence-corrected chi connectivity index (χ0v) is 11.2. The van der Waals surface area contributed by atoms with Crippen molar-refractivity contribution >= 4 is 22.4 Å².